The Hall–Kier alpha value is -3.02. The summed E-state index contributed by atoms with van der Waals surface area (Å²) in [5.41, 5.74) is 7.05. The van der Waals surface area contributed by atoms with Crippen molar-refractivity contribution in [2.75, 3.05) is 12.4 Å². The lowest BCUT2D eigenvalue weighted by Crippen LogP contribution is -2.15. The van der Waals surface area contributed by atoms with Gasteiger partial charge in [0.1, 0.15) is 5.75 Å². The number of carbonyl (C=O) groups excluding carboxylic acids is 1. The molecule has 0 aliphatic carbocycles. The van der Waals surface area contributed by atoms with Gasteiger partial charge in [-0.15, -0.1) is 0 Å². The zero-order valence-corrected chi connectivity index (χ0v) is 11.4. The molecule has 0 aliphatic rings. The van der Waals surface area contributed by atoms with E-state index in [-0.39, 0.29) is 11.7 Å². The number of carbonyl (C=O) groups is 1. The Morgan fingerprint density at radius 3 is 2.62 bits per heavy atom. The van der Waals surface area contributed by atoms with Crippen LogP contribution in [0.15, 0.2) is 53.7 Å². The number of rotatable bonds is 4. The maximum atomic E-state index is 12.2. The molecular formula is C15H15N3O3. The van der Waals surface area contributed by atoms with E-state index in [0.29, 0.717) is 22.6 Å². The zero-order chi connectivity index (χ0) is 15.2. The predicted molar refractivity (Wildman–Crippen MR) is 79.9 cm³/mol. The van der Waals surface area contributed by atoms with Crippen LogP contribution in [0.1, 0.15) is 15.9 Å². The van der Waals surface area contributed by atoms with Crippen LogP contribution in [0, 0.1) is 0 Å². The molecule has 4 N–H and O–H groups in total. The van der Waals surface area contributed by atoms with Gasteiger partial charge in [-0.1, -0.05) is 23.4 Å². The van der Waals surface area contributed by atoms with E-state index in [1.807, 2.05) is 0 Å². The van der Waals surface area contributed by atoms with Crippen LogP contribution in [0.3, 0.4) is 0 Å². The number of amidine groups is 1. The van der Waals surface area contributed by atoms with Gasteiger partial charge in [-0.25, -0.2) is 0 Å². The Kier molecular flexibility index (Phi) is 4.40. The van der Waals surface area contributed by atoms with E-state index in [4.69, 9.17) is 15.7 Å². The van der Waals surface area contributed by atoms with Crippen molar-refractivity contribution < 1.29 is 14.7 Å². The Balaban J connectivity index is 2.19. The number of hydrogen-bond donors (Lipinski definition) is 3. The van der Waals surface area contributed by atoms with Crippen molar-refractivity contribution in [2.24, 2.45) is 10.9 Å². The van der Waals surface area contributed by atoms with Crippen LogP contribution in [-0.4, -0.2) is 24.1 Å². The third kappa shape index (κ3) is 3.50. The van der Waals surface area contributed by atoms with E-state index in [2.05, 4.69) is 10.5 Å². The predicted octanol–water partition coefficient (Wildman–Crippen LogP) is 2.04. The Bertz CT molecular complexity index is 683. The molecule has 0 aliphatic heterocycles. The minimum absolute atomic E-state index is 0.0209. The standard InChI is InChI=1S/C15H15N3O3/c1-21-13-7-3-5-11(9-13)15(19)17-12-6-2-4-10(8-12)14(16)18-20/h2-9,20H,1H3,(H2,16,18)(H,17,19). The summed E-state index contributed by atoms with van der Waals surface area (Å²) >= 11 is 0. The quantitative estimate of drug-likeness (QED) is 0.346. The first-order valence-electron chi connectivity index (χ1n) is 6.17. The van der Waals surface area contributed by atoms with Crippen molar-refractivity contribution in [1.82, 2.24) is 0 Å². The second-order valence-electron chi connectivity index (χ2n) is 4.25. The normalized spacial score (nSPS) is 11.0. The highest BCUT2D eigenvalue weighted by molar-refractivity contribution is 6.05. The largest absolute Gasteiger partial charge is 0.497 e. The molecule has 108 valence electrons. The summed E-state index contributed by atoms with van der Waals surface area (Å²) in [5, 5.41) is 14.3. The molecule has 0 fully saturated rings. The average Bonchev–Trinajstić information content (AvgIpc) is 2.54. The fraction of sp³-hybridized carbons (Fsp3) is 0.0667. The van der Waals surface area contributed by atoms with Crippen LogP contribution in [0.2, 0.25) is 0 Å². The zero-order valence-electron chi connectivity index (χ0n) is 11.4. The molecular weight excluding hydrogens is 270 g/mol. The molecule has 21 heavy (non-hydrogen) atoms. The van der Waals surface area contributed by atoms with Crippen molar-refractivity contribution >= 4 is 17.4 Å². The van der Waals surface area contributed by atoms with Crippen molar-refractivity contribution in [3.05, 3.63) is 59.7 Å². The van der Waals surface area contributed by atoms with Gasteiger partial charge in [0.15, 0.2) is 5.84 Å². The lowest BCUT2D eigenvalue weighted by atomic mass is 10.1. The molecule has 0 spiro atoms. The van der Waals surface area contributed by atoms with Gasteiger partial charge in [-0.2, -0.15) is 0 Å². The van der Waals surface area contributed by atoms with Gasteiger partial charge in [0.05, 0.1) is 7.11 Å². The maximum Gasteiger partial charge on any atom is 0.255 e. The van der Waals surface area contributed by atoms with Crippen molar-refractivity contribution in [2.45, 2.75) is 0 Å². The Labute approximate surface area is 121 Å². The molecule has 6 nitrogen and oxygen atoms in total. The number of benzene rings is 2. The van der Waals surface area contributed by atoms with E-state index in [9.17, 15) is 4.79 Å². The smallest absolute Gasteiger partial charge is 0.255 e. The fourth-order valence-electron chi connectivity index (χ4n) is 1.78. The second-order valence-corrected chi connectivity index (χ2v) is 4.25. The lowest BCUT2D eigenvalue weighted by molar-refractivity contribution is 0.102. The Morgan fingerprint density at radius 1 is 1.19 bits per heavy atom. The first-order valence-corrected chi connectivity index (χ1v) is 6.17. The van der Waals surface area contributed by atoms with E-state index >= 15 is 0 Å². The topological polar surface area (TPSA) is 96.9 Å². The van der Waals surface area contributed by atoms with Gasteiger partial charge in [0, 0.05) is 16.8 Å². The molecule has 2 aromatic carbocycles. The number of nitrogens with two attached hydrogens (primary N) is 1. The fourth-order valence-corrected chi connectivity index (χ4v) is 1.78. The molecule has 2 rings (SSSR count). The number of amides is 1. The van der Waals surface area contributed by atoms with Crippen LogP contribution in [-0.2, 0) is 0 Å². The van der Waals surface area contributed by atoms with Crippen LogP contribution >= 0.6 is 0 Å². The molecule has 6 heteroatoms. The van der Waals surface area contributed by atoms with E-state index in [0.717, 1.165) is 0 Å². The number of nitrogens with zero attached hydrogens (tertiary/aromatic N) is 1. The molecule has 0 heterocycles. The minimum atomic E-state index is -0.273. The number of anilines is 1. The van der Waals surface area contributed by atoms with Gasteiger partial charge in [-0.3, -0.25) is 4.79 Å². The molecule has 2 aromatic rings. The highest BCUT2D eigenvalue weighted by Crippen LogP contribution is 2.16. The number of methoxy groups -OCH3 is 1. The van der Waals surface area contributed by atoms with Crippen LogP contribution in [0.25, 0.3) is 0 Å². The summed E-state index contributed by atoms with van der Waals surface area (Å²) in [6.07, 6.45) is 0. The van der Waals surface area contributed by atoms with E-state index in [1.54, 1.807) is 48.5 Å². The van der Waals surface area contributed by atoms with Crippen LogP contribution in [0.4, 0.5) is 5.69 Å². The van der Waals surface area contributed by atoms with Crippen LogP contribution < -0.4 is 15.8 Å². The van der Waals surface area contributed by atoms with Crippen molar-refractivity contribution in [3.8, 4) is 5.75 Å². The minimum Gasteiger partial charge on any atom is -0.497 e. The van der Waals surface area contributed by atoms with E-state index < -0.39 is 0 Å². The monoisotopic (exact) mass is 285 g/mol. The molecule has 0 atom stereocenters. The summed E-state index contributed by atoms with van der Waals surface area (Å²) in [7, 11) is 1.54. The van der Waals surface area contributed by atoms with Gasteiger partial charge in [-0.05, 0) is 30.3 Å². The van der Waals surface area contributed by atoms with Crippen LogP contribution in [0.5, 0.6) is 5.75 Å². The highest BCUT2D eigenvalue weighted by atomic mass is 16.5. The third-order valence-corrected chi connectivity index (χ3v) is 2.86. The Morgan fingerprint density at radius 2 is 1.90 bits per heavy atom. The van der Waals surface area contributed by atoms with Gasteiger partial charge < -0.3 is 21.0 Å². The van der Waals surface area contributed by atoms with E-state index in [1.165, 1.54) is 7.11 Å². The number of oxime groups is 1. The first kappa shape index (κ1) is 14.4. The molecule has 0 saturated carbocycles. The molecule has 1 amide bonds. The van der Waals surface area contributed by atoms with Gasteiger partial charge >= 0.3 is 0 Å². The lowest BCUT2D eigenvalue weighted by Gasteiger charge is -2.08. The summed E-state index contributed by atoms with van der Waals surface area (Å²) < 4.78 is 5.08. The van der Waals surface area contributed by atoms with Gasteiger partial charge in [0.25, 0.3) is 5.91 Å². The number of hydrogen-bond acceptors (Lipinski definition) is 4. The summed E-state index contributed by atoms with van der Waals surface area (Å²) in [5.74, 6) is 0.311. The number of ether oxygens (including phenoxy) is 1. The summed E-state index contributed by atoms with van der Waals surface area (Å²) in [4.78, 5) is 12.2. The molecule has 0 aromatic heterocycles. The molecule has 0 bridgehead atoms. The SMILES string of the molecule is COc1cccc(C(=O)Nc2cccc(/C(N)=N/O)c2)c1. The molecule has 0 radical (unpaired) electrons. The molecule has 0 saturated heterocycles. The number of nitrogens with one attached hydrogen (secondary N) is 1. The van der Waals surface area contributed by atoms with Gasteiger partial charge in [0.2, 0.25) is 0 Å². The molecule has 0 unspecified atom stereocenters. The summed E-state index contributed by atoms with van der Waals surface area (Å²) in [6.45, 7) is 0. The average molecular weight is 285 g/mol. The maximum absolute atomic E-state index is 12.2. The second kappa shape index (κ2) is 6.42. The first-order chi connectivity index (χ1) is 10.1. The highest BCUT2D eigenvalue weighted by Gasteiger charge is 2.08. The van der Waals surface area contributed by atoms with Crippen molar-refractivity contribution in [3.63, 3.8) is 0 Å². The summed E-state index contributed by atoms with van der Waals surface area (Å²) in [6, 6.07) is 13.5. The van der Waals surface area contributed by atoms with Crippen molar-refractivity contribution in [1.29, 1.82) is 0 Å². The third-order valence-electron chi connectivity index (χ3n) is 2.86.